The Bertz CT molecular complexity index is 1050. The van der Waals surface area contributed by atoms with Gasteiger partial charge in [-0.15, -0.1) is 0 Å². The molecule has 0 bridgehead atoms. The normalized spacial score (nSPS) is 14.8. The lowest BCUT2D eigenvalue weighted by atomic mass is 10.1. The van der Waals surface area contributed by atoms with E-state index in [1.54, 1.807) is 6.08 Å². The second-order valence-corrected chi connectivity index (χ2v) is 6.43. The maximum Gasteiger partial charge on any atom is 0.222 e. The third-order valence-corrected chi connectivity index (χ3v) is 4.45. The Labute approximate surface area is 164 Å². The molecular formula is C20H22N8. The molecule has 0 saturated carbocycles. The number of hydrogen-bond acceptors (Lipinski definition) is 7. The van der Waals surface area contributed by atoms with Gasteiger partial charge in [0.2, 0.25) is 5.95 Å². The van der Waals surface area contributed by atoms with E-state index >= 15 is 0 Å². The summed E-state index contributed by atoms with van der Waals surface area (Å²) in [5.41, 5.74) is 8.85. The van der Waals surface area contributed by atoms with E-state index in [9.17, 15) is 5.26 Å². The number of anilines is 2. The number of imidazole rings is 1. The summed E-state index contributed by atoms with van der Waals surface area (Å²) in [7, 11) is 0. The van der Waals surface area contributed by atoms with Crippen LogP contribution in [-0.2, 0) is 0 Å². The van der Waals surface area contributed by atoms with Crippen molar-refractivity contribution in [2.45, 2.75) is 26.8 Å². The molecule has 0 amide bonds. The number of nitrogens with zero attached hydrogens (tertiary/aromatic N) is 6. The van der Waals surface area contributed by atoms with E-state index in [1.165, 1.54) is 6.20 Å². The molecule has 0 radical (unpaired) electrons. The fourth-order valence-corrected chi connectivity index (χ4v) is 3.18. The van der Waals surface area contributed by atoms with Crippen LogP contribution in [0.2, 0.25) is 0 Å². The second kappa shape index (κ2) is 7.40. The number of nitrogens with one attached hydrogen (secondary N) is 1. The molecule has 3 N–H and O–H groups in total. The van der Waals surface area contributed by atoms with Gasteiger partial charge in [-0.25, -0.2) is 9.97 Å². The van der Waals surface area contributed by atoms with Gasteiger partial charge < -0.3 is 16.0 Å². The Kier molecular flexibility index (Phi) is 5.00. The van der Waals surface area contributed by atoms with E-state index in [4.69, 9.17) is 5.73 Å². The Morgan fingerprint density at radius 3 is 2.82 bits per heavy atom. The van der Waals surface area contributed by atoms with E-state index in [-0.39, 0.29) is 12.0 Å². The quantitative estimate of drug-likeness (QED) is 0.774. The van der Waals surface area contributed by atoms with Crippen molar-refractivity contribution < 1.29 is 0 Å². The molecule has 2 aromatic heterocycles. The van der Waals surface area contributed by atoms with Crippen LogP contribution in [0.1, 0.15) is 30.9 Å². The van der Waals surface area contributed by atoms with E-state index in [0.29, 0.717) is 11.4 Å². The van der Waals surface area contributed by atoms with Crippen molar-refractivity contribution in [1.82, 2.24) is 24.4 Å². The molecule has 1 atom stereocenters. The maximum absolute atomic E-state index is 9.33. The van der Waals surface area contributed by atoms with Gasteiger partial charge in [0, 0.05) is 23.7 Å². The van der Waals surface area contributed by atoms with Crippen LogP contribution in [0, 0.1) is 18.3 Å². The van der Waals surface area contributed by atoms with Crippen LogP contribution < -0.4 is 11.1 Å². The predicted octanol–water partition coefficient (Wildman–Crippen LogP) is 3.11. The van der Waals surface area contributed by atoms with Crippen molar-refractivity contribution in [1.29, 1.82) is 5.26 Å². The Morgan fingerprint density at radius 2 is 2.14 bits per heavy atom. The number of allylic oxidation sites excluding steroid dienone is 3. The van der Waals surface area contributed by atoms with Crippen LogP contribution in [0.15, 0.2) is 49.1 Å². The minimum atomic E-state index is -0.225. The molecule has 28 heavy (non-hydrogen) atoms. The Hall–Kier alpha value is -3.86. The molecule has 0 aliphatic carbocycles. The van der Waals surface area contributed by atoms with Crippen molar-refractivity contribution in [2.24, 2.45) is 0 Å². The number of fused-ring (bicyclic) bond motifs is 1. The SMILES string of the molecule is C=CC=C(C)N1C(=C)n2c(C)cnc2C=C1C(C)Nc1nc(N)ncc1C#N. The average molecular weight is 374 g/mol. The summed E-state index contributed by atoms with van der Waals surface area (Å²) in [6, 6.07) is 1.85. The van der Waals surface area contributed by atoms with E-state index in [1.807, 2.05) is 48.6 Å². The fraction of sp³-hybridized carbons (Fsp3) is 0.200. The Morgan fingerprint density at radius 1 is 1.39 bits per heavy atom. The predicted molar refractivity (Wildman–Crippen MR) is 110 cm³/mol. The van der Waals surface area contributed by atoms with E-state index < -0.39 is 0 Å². The van der Waals surface area contributed by atoms with Crippen LogP contribution in [0.25, 0.3) is 11.9 Å². The number of nitrogens with two attached hydrogens (primary N) is 1. The molecule has 3 heterocycles. The highest BCUT2D eigenvalue weighted by atomic mass is 15.3. The molecule has 2 aromatic rings. The molecule has 1 unspecified atom stereocenters. The van der Waals surface area contributed by atoms with Gasteiger partial charge in [-0.3, -0.25) is 4.57 Å². The summed E-state index contributed by atoms with van der Waals surface area (Å²) < 4.78 is 1.99. The highest BCUT2D eigenvalue weighted by molar-refractivity contribution is 5.66. The monoisotopic (exact) mass is 374 g/mol. The van der Waals surface area contributed by atoms with Crippen LogP contribution in [0.5, 0.6) is 0 Å². The fourth-order valence-electron chi connectivity index (χ4n) is 3.18. The molecule has 8 heteroatoms. The van der Waals surface area contributed by atoms with Crippen molar-refractivity contribution in [3.05, 3.63) is 66.2 Å². The first-order chi connectivity index (χ1) is 13.4. The highest BCUT2D eigenvalue weighted by Gasteiger charge is 2.28. The van der Waals surface area contributed by atoms with Gasteiger partial charge >= 0.3 is 0 Å². The first kappa shape index (κ1) is 18.9. The zero-order valence-corrected chi connectivity index (χ0v) is 16.1. The lowest BCUT2D eigenvalue weighted by molar-refractivity contribution is 0.523. The molecule has 3 rings (SSSR count). The number of hydrogen-bond donors (Lipinski definition) is 2. The minimum absolute atomic E-state index is 0.0986. The van der Waals surface area contributed by atoms with Gasteiger partial charge in [0.1, 0.15) is 29.1 Å². The molecular weight excluding hydrogens is 352 g/mol. The molecule has 1 aliphatic heterocycles. The van der Waals surface area contributed by atoms with E-state index in [2.05, 4.69) is 39.5 Å². The van der Waals surface area contributed by atoms with Gasteiger partial charge in [-0.2, -0.15) is 10.2 Å². The summed E-state index contributed by atoms with van der Waals surface area (Å²) in [5.74, 6) is 2.02. The maximum atomic E-state index is 9.33. The average Bonchev–Trinajstić information content (AvgIpc) is 3.03. The standard InChI is InChI=1S/C20H22N8/c1-6-7-12(2)27-15(5)28-13(3)10-23-18(28)8-17(27)14(4)25-19-16(9-21)11-24-20(22)26-19/h6-8,10-11,14H,1,5H2,2-4H3,(H3,22,24,25,26). The smallest absolute Gasteiger partial charge is 0.222 e. The summed E-state index contributed by atoms with van der Waals surface area (Å²) >= 11 is 0. The van der Waals surface area contributed by atoms with Gasteiger partial charge in [0.15, 0.2) is 0 Å². The lowest BCUT2D eigenvalue weighted by Gasteiger charge is -2.37. The Balaban J connectivity index is 2.06. The minimum Gasteiger partial charge on any atom is -0.368 e. The van der Waals surface area contributed by atoms with Gasteiger partial charge in [-0.1, -0.05) is 19.2 Å². The summed E-state index contributed by atoms with van der Waals surface area (Å²) in [4.78, 5) is 14.5. The highest BCUT2D eigenvalue weighted by Crippen LogP contribution is 2.33. The van der Waals surface area contributed by atoms with Crippen LogP contribution >= 0.6 is 0 Å². The molecule has 0 aromatic carbocycles. The third kappa shape index (κ3) is 3.25. The van der Waals surface area contributed by atoms with Crippen LogP contribution in [-0.4, -0.2) is 30.5 Å². The molecule has 0 fully saturated rings. The summed E-state index contributed by atoms with van der Waals surface area (Å²) in [6.07, 6.45) is 8.83. The van der Waals surface area contributed by atoms with Crippen LogP contribution in [0.3, 0.4) is 0 Å². The van der Waals surface area contributed by atoms with Crippen molar-refractivity contribution in [2.75, 3.05) is 11.1 Å². The van der Waals surface area contributed by atoms with Crippen molar-refractivity contribution >= 4 is 23.7 Å². The first-order valence-electron chi connectivity index (χ1n) is 8.71. The first-order valence-corrected chi connectivity index (χ1v) is 8.71. The number of aromatic nitrogens is 4. The topological polar surface area (TPSA) is 109 Å². The van der Waals surface area contributed by atoms with Crippen LogP contribution in [0.4, 0.5) is 11.8 Å². The zero-order valence-electron chi connectivity index (χ0n) is 16.1. The van der Waals surface area contributed by atoms with Crippen molar-refractivity contribution in [3.8, 4) is 6.07 Å². The second-order valence-electron chi connectivity index (χ2n) is 6.43. The molecule has 0 spiro atoms. The number of nitriles is 1. The number of aryl methyl sites for hydroxylation is 1. The van der Waals surface area contributed by atoms with E-state index in [0.717, 1.165) is 28.7 Å². The van der Waals surface area contributed by atoms with Gasteiger partial charge in [-0.05, 0) is 26.8 Å². The summed E-state index contributed by atoms with van der Waals surface area (Å²) in [5, 5.41) is 12.6. The molecule has 8 nitrogen and oxygen atoms in total. The number of rotatable bonds is 5. The summed E-state index contributed by atoms with van der Waals surface area (Å²) in [6.45, 7) is 14.0. The zero-order chi connectivity index (χ0) is 20.4. The number of nitrogen functional groups attached to an aromatic ring is 1. The van der Waals surface area contributed by atoms with Gasteiger partial charge in [0.05, 0.1) is 17.9 Å². The molecule has 142 valence electrons. The lowest BCUT2D eigenvalue weighted by Crippen LogP contribution is -2.35. The van der Waals surface area contributed by atoms with Crippen molar-refractivity contribution in [3.63, 3.8) is 0 Å². The van der Waals surface area contributed by atoms with Gasteiger partial charge in [0.25, 0.3) is 0 Å². The molecule has 1 aliphatic rings. The molecule has 0 saturated heterocycles. The third-order valence-electron chi connectivity index (χ3n) is 4.45. The largest absolute Gasteiger partial charge is 0.368 e.